The Hall–Kier alpha value is -0.900. The van der Waals surface area contributed by atoms with Crippen LogP contribution in [0.15, 0.2) is 42.5 Å². The van der Waals surface area contributed by atoms with Crippen LogP contribution < -0.4 is 0 Å². The minimum absolute atomic E-state index is 1.04. The molecule has 0 fully saturated rings. The Morgan fingerprint density at radius 2 is 1.71 bits per heavy atom. The van der Waals surface area contributed by atoms with Crippen molar-refractivity contribution in [2.45, 2.75) is 6.92 Å². The van der Waals surface area contributed by atoms with Gasteiger partial charge in [0.2, 0.25) is 0 Å². The van der Waals surface area contributed by atoms with E-state index in [1.807, 2.05) is 13.0 Å². The molecule has 0 unspecified atom stereocenters. The Kier molecular flexibility index (Phi) is 2.82. The summed E-state index contributed by atoms with van der Waals surface area (Å²) in [5, 5.41) is 0. The lowest BCUT2D eigenvalue weighted by atomic mass is 10.1. The first-order chi connectivity index (χ1) is 6.75. The van der Waals surface area contributed by atoms with Crippen molar-refractivity contribution in [2.75, 3.05) is 0 Å². The van der Waals surface area contributed by atoms with E-state index in [-0.39, 0.29) is 0 Å². The molecule has 0 amide bonds. The molecule has 0 spiro atoms. The first kappa shape index (κ1) is 9.65. The second kappa shape index (κ2) is 4.09. The Balaban J connectivity index is 2.52. The topological polar surface area (TPSA) is 12.9 Å². The molecule has 70 valence electrons. The smallest absolute Gasteiger partial charge is 0.102 e. The summed E-state index contributed by atoms with van der Waals surface area (Å²) in [4.78, 5) is 4.35. The Morgan fingerprint density at radius 3 is 2.36 bits per heavy atom. The Labute approximate surface area is 97.3 Å². The van der Waals surface area contributed by atoms with E-state index in [9.17, 15) is 0 Å². The number of aryl methyl sites for hydroxylation is 1. The summed E-state index contributed by atoms with van der Waals surface area (Å²) in [6.07, 6.45) is 0. The number of rotatable bonds is 1. The predicted octanol–water partition coefficient (Wildman–Crippen LogP) is 3.66. The molecule has 2 aromatic rings. The van der Waals surface area contributed by atoms with E-state index in [2.05, 4.69) is 64.0 Å². The first-order valence-corrected chi connectivity index (χ1v) is 5.53. The second-order valence-corrected chi connectivity index (χ2v) is 4.29. The van der Waals surface area contributed by atoms with Crippen LogP contribution in [0.3, 0.4) is 0 Å². The molecule has 0 saturated carbocycles. The molecule has 1 aromatic carbocycles. The maximum atomic E-state index is 4.35. The molecule has 0 N–H and O–H groups in total. The molecule has 0 aliphatic carbocycles. The normalized spacial score (nSPS) is 10.1. The monoisotopic (exact) mass is 295 g/mol. The van der Waals surface area contributed by atoms with Gasteiger partial charge in [-0.3, -0.25) is 0 Å². The van der Waals surface area contributed by atoms with Crippen molar-refractivity contribution >= 4 is 22.6 Å². The molecular weight excluding hydrogens is 285 g/mol. The maximum absolute atomic E-state index is 4.35. The fourth-order valence-electron chi connectivity index (χ4n) is 1.43. The lowest BCUT2D eigenvalue weighted by Gasteiger charge is -2.03. The van der Waals surface area contributed by atoms with Gasteiger partial charge in [-0.15, -0.1) is 0 Å². The van der Waals surface area contributed by atoms with E-state index >= 15 is 0 Å². The fourth-order valence-corrected chi connectivity index (χ4v) is 2.14. The largest absolute Gasteiger partial charge is 0.247 e. The molecule has 0 aliphatic heterocycles. The Bertz CT molecular complexity index is 417. The molecule has 14 heavy (non-hydrogen) atoms. The minimum Gasteiger partial charge on any atom is -0.247 e. The zero-order valence-electron chi connectivity index (χ0n) is 7.87. The number of benzene rings is 1. The number of hydrogen-bond acceptors (Lipinski definition) is 1. The van der Waals surface area contributed by atoms with E-state index in [0.717, 1.165) is 9.39 Å². The van der Waals surface area contributed by atoms with Gasteiger partial charge in [-0.1, -0.05) is 30.3 Å². The van der Waals surface area contributed by atoms with Crippen LogP contribution in [0.25, 0.3) is 11.1 Å². The van der Waals surface area contributed by atoms with Gasteiger partial charge in [-0.05, 0) is 52.8 Å². The van der Waals surface area contributed by atoms with Crippen LogP contribution in [0.1, 0.15) is 5.69 Å². The molecule has 0 aliphatic rings. The van der Waals surface area contributed by atoms with Crippen molar-refractivity contribution in [3.63, 3.8) is 0 Å². The van der Waals surface area contributed by atoms with Crippen LogP contribution in [0.2, 0.25) is 0 Å². The molecule has 1 aromatic heterocycles. The zero-order valence-corrected chi connectivity index (χ0v) is 10.0. The van der Waals surface area contributed by atoms with Gasteiger partial charge in [0, 0.05) is 5.69 Å². The van der Waals surface area contributed by atoms with Crippen molar-refractivity contribution in [3.05, 3.63) is 51.9 Å². The van der Waals surface area contributed by atoms with Gasteiger partial charge < -0.3 is 0 Å². The first-order valence-electron chi connectivity index (χ1n) is 4.45. The highest BCUT2D eigenvalue weighted by Crippen LogP contribution is 2.20. The quantitative estimate of drug-likeness (QED) is 0.578. The summed E-state index contributed by atoms with van der Waals surface area (Å²) in [7, 11) is 0. The summed E-state index contributed by atoms with van der Waals surface area (Å²) in [6, 6.07) is 14.6. The van der Waals surface area contributed by atoms with Gasteiger partial charge in [-0.25, -0.2) is 4.98 Å². The van der Waals surface area contributed by atoms with Crippen molar-refractivity contribution in [1.82, 2.24) is 4.98 Å². The molecule has 2 rings (SSSR count). The molecule has 0 atom stereocenters. The highest BCUT2D eigenvalue weighted by atomic mass is 127. The van der Waals surface area contributed by atoms with Crippen LogP contribution in [-0.4, -0.2) is 4.98 Å². The Morgan fingerprint density at radius 1 is 1.00 bits per heavy atom. The lowest BCUT2D eigenvalue weighted by molar-refractivity contribution is 1.17. The SMILES string of the molecule is Cc1cc(-c2ccccc2)cc(I)n1. The van der Waals surface area contributed by atoms with Crippen LogP contribution >= 0.6 is 22.6 Å². The maximum Gasteiger partial charge on any atom is 0.102 e. The predicted molar refractivity (Wildman–Crippen MR) is 67.1 cm³/mol. The summed E-state index contributed by atoms with van der Waals surface area (Å²) in [5.41, 5.74) is 3.55. The van der Waals surface area contributed by atoms with Crippen LogP contribution in [-0.2, 0) is 0 Å². The third-order valence-corrected chi connectivity index (χ3v) is 2.58. The number of pyridine rings is 1. The van der Waals surface area contributed by atoms with Crippen LogP contribution in [0.4, 0.5) is 0 Å². The molecule has 0 bridgehead atoms. The summed E-state index contributed by atoms with van der Waals surface area (Å²) >= 11 is 2.25. The summed E-state index contributed by atoms with van der Waals surface area (Å²) in [5.74, 6) is 0. The number of halogens is 1. The van der Waals surface area contributed by atoms with Crippen molar-refractivity contribution in [1.29, 1.82) is 0 Å². The minimum atomic E-state index is 1.04. The number of nitrogens with zero attached hydrogens (tertiary/aromatic N) is 1. The molecule has 1 heterocycles. The van der Waals surface area contributed by atoms with Crippen LogP contribution in [0, 0.1) is 10.6 Å². The molecule has 0 saturated heterocycles. The summed E-state index contributed by atoms with van der Waals surface area (Å²) in [6.45, 7) is 2.02. The van der Waals surface area contributed by atoms with E-state index in [4.69, 9.17) is 0 Å². The fraction of sp³-hybridized carbons (Fsp3) is 0.0833. The zero-order chi connectivity index (χ0) is 9.97. The van der Waals surface area contributed by atoms with Gasteiger partial charge in [0.05, 0.1) is 0 Å². The number of hydrogen-bond donors (Lipinski definition) is 0. The van der Waals surface area contributed by atoms with Gasteiger partial charge in [0.1, 0.15) is 3.70 Å². The van der Waals surface area contributed by atoms with Gasteiger partial charge in [0.15, 0.2) is 0 Å². The molecular formula is C12H10IN. The highest BCUT2D eigenvalue weighted by Gasteiger charge is 1.99. The van der Waals surface area contributed by atoms with Gasteiger partial charge in [0.25, 0.3) is 0 Å². The third-order valence-electron chi connectivity index (χ3n) is 2.03. The standard InChI is InChI=1S/C12H10IN/c1-9-7-11(8-12(13)14-9)10-5-3-2-4-6-10/h2-8H,1H3. The van der Waals surface area contributed by atoms with E-state index < -0.39 is 0 Å². The van der Waals surface area contributed by atoms with E-state index in [0.29, 0.717) is 0 Å². The molecule has 1 nitrogen and oxygen atoms in total. The molecule has 2 heteroatoms. The number of aromatic nitrogens is 1. The van der Waals surface area contributed by atoms with Crippen molar-refractivity contribution < 1.29 is 0 Å². The van der Waals surface area contributed by atoms with Gasteiger partial charge >= 0.3 is 0 Å². The van der Waals surface area contributed by atoms with Crippen molar-refractivity contribution in [2.24, 2.45) is 0 Å². The average molecular weight is 295 g/mol. The molecule has 0 radical (unpaired) electrons. The summed E-state index contributed by atoms with van der Waals surface area (Å²) < 4.78 is 1.04. The average Bonchev–Trinajstić information content (AvgIpc) is 2.18. The lowest BCUT2D eigenvalue weighted by Crippen LogP contribution is -1.87. The second-order valence-electron chi connectivity index (χ2n) is 3.19. The third kappa shape index (κ3) is 2.12. The highest BCUT2D eigenvalue weighted by molar-refractivity contribution is 14.1. The van der Waals surface area contributed by atoms with E-state index in [1.165, 1.54) is 11.1 Å². The van der Waals surface area contributed by atoms with Crippen molar-refractivity contribution in [3.8, 4) is 11.1 Å². The van der Waals surface area contributed by atoms with E-state index in [1.54, 1.807) is 0 Å². The van der Waals surface area contributed by atoms with Crippen LogP contribution in [0.5, 0.6) is 0 Å². The van der Waals surface area contributed by atoms with Gasteiger partial charge in [-0.2, -0.15) is 0 Å².